The molecule has 0 saturated heterocycles. The average molecular weight is 272 g/mol. The van der Waals surface area contributed by atoms with E-state index in [1.54, 1.807) is 0 Å². The molecule has 0 amide bonds. The summed E-state index contributed by atoms with van der Waals surface area (Å²) in [7, 11) is 0. The van der Waals surface area contributed by atoms with Gasteiger partial charge in [-0.1, -0.05) is 0 Å². The average Bonchev–Trinajstić information content (AvgIpc) is 2.24. The Morgan fingerprint density at radius 1 is 1.21 bits per heavy atom. The van der Waals surface area contributed by atoms with Gasteiger partial charge >= 0.3 is 0 Å². The molecule has 0 heterocycles. The first-order chi connectivity index (χ1) is 8.73. The summed E-state index contributed by atoms with van der Waals surface area (Å²) in [6.07, 6.45) is 2.11. The summed E-state index contributed by atoms with van der Waals surface area (Å²) in [5, 5.41) is 3.23. The molecule has 0 saturated carbocycles. The van der Waals surface area contributed by atoms with Gasteiger partial charge in [-0.2, -0.15) is 0 Å². The molecule has 114 valence electrons. The van der Waals surface area contributed by atoms with E-state index in [-0.39, 0.29) is 17.7 Å². The molecule has 0 aliphatic rings. The first kappa shape index (κ1) is 18.1. The lowest BCUT2D eigenvalue weighted by atomic mass is 10.1. The smallest absolute Gasteiger partial charge is 0.185 e. The molecule has 0 aromatic heterocycles. The zero-order chi connectivity index (χ0) is 14.9. The molecule has 1 unspecified atom stereocenters. The predicted octanol–water partition coefficient (Wildman–Crippen LogP) is 0.0348. The summed E-state index contributed by atoms with van der Waals surface area (Å²) in [5.74, 6) is 0.170. The van der Waals surface area contributed by atoms with Crippen molar-refractivity contribution in [2.24, 2.45) is 22.2 Å². The van der Waals surface area contributed by atoms with Crippen molar-refractivity contribution in [2.75, 3.05) is 26.2 Å². The summed E-state index contributed by atoms with van der Waals surface area (Å²) in [6.45, 7) is 12.3. The van der Waals surface area contributed by atoms with E-state index in [2.05, 4.69) is 36.0 Å². The third-order valence-electron chi connectivity index (χ3n) is 2.90. The summed E-state index contributed by atoms with van der Waals surface area (Å²) < 4.78 is 0. The Morgan fingerprint density at radius 2 is 1.79 bits per heavy atom. The fraction of sp³-hybridized carbons (Fsp3) is 0.923. The highest BCUT2D eigenvalue weighted by Gasteiger charge is 2.19. The molecular weight excluding hydrogens is 240 g/mol. The predicted molar refractivity (Wildman–Crippen MR) is 82.9 cm³/mol. The summed E-state index contributed by atoms with van der Waals surface area (Å²) >= 11 is 0. The molecule has 1 atom stereocenters. The van der Waals surface area contributed by atoms with Crippen molar-refractivity contribution in [3.63, 3.8) is 0 Å². The van der Waals surface area contributed by atoms with Crippen LogP contribution in [0.4, 0.5) is 0 Å². The maximum atomic E-state index is 5.66. The van der Waals surface area contributed by atoms with Crippen LogP contribution in [0.5, 0.6) is 0 Å². The van der Waals surface area contributed by atoms with E-state index in [1.807, 2.05) is 6.92 Å². The van der Waals surface area contributed by atoms with Crippen LogP contribution in [-0.4, -0.2) is 48.7 Å². The molecule has 0 fully saturated rings. The van der Waals surface area contributed by atoms with Gasteiger partial charge in [-0.3, -0.25) is 9.89 Å². The molecule has 0 aliphatic heterocycles. The third kappa shape index (κ3) is 10.7. The van der Waals surface area contributed by atoms with Gasteiger partial charge in [0.05, 0.1) is 6.17 Å². The van der Waals surface area contributed by atoms with Crippen LogP contribution in [0.25, 0.3) is 0 Å². The van der Waals surface area contributed by atoms with Gasteiger partial charge < -0.3 is 22.5 Å². The second-order valence-corrected chi connectivity index (χ2v) is 5.91. The lowest BCUT2D eigenvalue weighted by Crippen LogP contribution is -2.44. The van der Waals surface area contributed by atoms with Crippen molar-refractivity contribution < 1.29 is 0 Å². The Balaban J connectivity index is 4.00. The minimum absolute atomic E-state index is 0.0601. The Hall–Kier alpha value is -0.850. The molecule has 0 radical (unpaired) electrons. The number of aliphatic imine (C=N–C) groups is 1. The summed E-state index contributed by atoms with van der Waals surface area (Å²) in [6, 6.07) is 0. The first-order valence-corrected chi connectivity index (χ1v) is 7.03. The van der Waals surface area contributed by atoms with Gasteiger partial charge in [-0.05, 0) is 53.6 Å². The number of nitrogens with two attached hydrogens (primary N) is 3. The molecule has 7 N–H and O–H groups in total. The van der Waals surface area contributed by atoms with Crippen LogP contribution in [0.2, 0.25) is 0 Å². The molecule has 0 aliphatic carbocycles. The van der Waals surface area contributed by atoms with E-state index >= 15 is 0 Å². The van der Waals surface area contributed by atoms with Crippen molar-refractivity contribution in [1.29, 1.82) is 0 Å². The lowest BCUT2D eigenvalue weighted by Gasteiger charge is -2.35. The number of nitrogens with zero attached hydrogens (tertiary/aromatic N) is 2. The first-order valence-electron chi connectivity index (χ1n) is 7.03. The van der Waals surface area contributed by atoms with Crippen LogP contribution in [0, 0.1) is 0 Å². The van der Waals surface area contributed by atoms with Crippen LogP contribution in [0.15, 0.2) is 4.99 Å². The largest absolute Gasteiger partial charge is 0.370 e. The van der Waals surface area contributed by atoms with Crippen molar-refractivity contribution in [1.82, 2.24) is 10.2 Å². The van der Waals surface area contributed by atoms with Crippen LogP contribution in [-0.2, 0) is 0 Å². The molecule has 0 rings (SSSR count). The van der Waals surface area contributed by atoms with Gasteiger partial charge in [0.25, 0.3) is 0 Å². The number of guanidine groups is 1. The van der Waals surface area contributed by atoms with Crippen LogP contribution < -0.4 is 22.5 Å². The van der Waals surface area contributed by atoms with E-state index in [1.165, 1.54) is 0 Å². The van der Waals surface area contributed by atoms with Gasteiger partial charge in [-0.25, -0.2) is 0 Å². The molecule has 0 bridgehead atoms. The topological polar surface area (TPSA) is 106 Å². The zero-order valence-electron chi connectivity index (χ0n) is 12.9. The third-order valence-corrected chi connectivity index (χ3v) is 2.90. The van der Waals surface area contributed by atoms with Crippen molar-refractivity contribution in [3.05, 3.63) is 0 Å². The van der Waals surface area contributed by atoms with Crippen LogP contribution in [0.3, 0.4) is 0 Å². The Morgan fingerprint density at radius 3 is 2.26 bits per heavy atom. The fourth-order valence-electron chi connectivity index (χ4n) is 1.85. The van der Waals surface area contributed by atoms with E-state index < -0.39 is 0 Å². The standard InChI is InChI=1S/C13H32N6/c1-11(14)17-7-5-9-19(13(2,3)4)10-6-8-18-12(15)16/h11,17H,5-10,14H2,1-4H3,(H4,15,16,18). The lowest BCUT2D eigenvalue weighted by molar-refractivity contribution is 0.133. The molecule has 0 aromatic rings. The van der Waals surface area contributed by atoms with Crippen LogP contribution in [0.1, 0.15) is 40.5 Å². The SMILES string of the molecule is CC(N)NCCCN(CCCN=C(N)N)C(C)(C)C. The van der Waals surface area contributed by atoms with E-state index in [0.29, 0.717) is 6.54 Å². The van der Waals surface area contributed by atoms with Gasteiger partial charge in [0.15, 0.2) is 5.96 Å². The molecule has 6 heteroatoms. The summed E-state index contributed by atoms with van der Waals surface area (Å²) in [4.78, 5) is 6.47. The summed E-state index contributed by atoms with van der Waals surface area (Å²) in [5.41, 5.74) is 16.4. The minimum atomic E-state index is 0.0601. The molecular formula is C13H32N6. The molecule has 19 heavy (non-hydrogen) atoms. The Bertz CT molecular complexity index is 252. The van der Waals surface area contributed by atoms with Gasteiger partial charge in [0, 0.05) is 18.6 Å². The Labute approximate surface area is 117 Å². The highest BCUT2D eigenvalue weighted by Crippen LogP contribution is 2.13. The normalized spacial score (nSPS) is 13.6. The highest BCUT2D eigenvalue weighted by molar-refractivity contribution is 5.75. The Kier molecular flexibility index (Phi) is 8.71. The molecule has 0 spiro atoms. The van der Waals surface area contributed by atoms with Crippen molar-refractivity contribution in [3.8, 4) is 0 Å². The maximum absolute atomic E-state index is 5.66. The van der Waals surface area contributed by atoms with E-state index in [4.69, 9.17) is 17.2 Å². The zero-order valence-corrected chi connectivity index (χ0v) is 12.9. The quantitative estimate of drug-likeness (QED) is 0.205. The second kappa shape index (κ2) is 9.12. The fourth-order valence-corrected chi connectivity index (χ4v) is 1.85. The van der Waals surface area contributed by atoms with Crippen molar-refractivity contribution in [2.45, 2.75) is 52.2 Å². The number of rotatable bonds is 9. The van der Waals surface area contributed by atoms with Gasteiger partial charge in [-0.15, -0.1) is 0 Å². The highest BCUT2D eigenvalue weighted by atomic mass is 15.2. The monoisotopic (exact) mass is 272 g/mol. The second-order valence-electron chi connectivity index (χ2n) is 5.91. The minimum Gasteiger partial charge on any atom is -0.370 e. The maximum Gasteiger partial charge on any atom is 0.185 e. The van der Waals surface area contributed by atoms with Crippen molar-refractivity contribution >= 4 is 5.96 Å². The van der Waals surface area contributed by atoms with E-state index in [0.717, 1.165) is 32.5 Å². The number of hydrogen-bond donors (Lipinski definition) is 4. The molecule has 0 aromatic carbocycles. The number of nitrogens with one attached hydrogen (secondary N) is 1. The van der Waals surface area contributed by atoms with Gasteiger partial charge in [0.2, 0.25) is 0 Å². The number of hydrogen-bond acceptors (Lipinski definition) is 4. The van der Waals surface area contributed by atoms with Crippen LogP contribution >= 0.6 is 0 Å². The van der Waals surface area contributed by atoms with Gasteiger partial charge in [0.1, 0.15) is 0 Å². The van der Waals surface area contributed by atoms with E-state index in [9.17, 15) is 0 Å². The molecule has 6 nitrogen and oxygen atoms in total.